The van der Waals surface area contributed by atoms with Crippen molar-refractivity contribution < 1.29 is 33.5 Å². The maximum absolute atomic E-state index is 13.5. The van der Waals surface area contributed by atoms with E-state index in [1.165, 1.54) is 12.7 Å². The molecule has 8 nitrogen and oxygen atoms in total. The lowest BCUT2D eigenvalue weighted by molar-refractivity contribution is -0.409. The average molecular weight is 792 g/mol. The van der Waals surface area contributed by atoms with Gasteiger partial charge in [0.1, 0.15) is 30.0 Å². The van der Waals surface area contributed by atoms with Crippen LogP contribution in [0.5, 0.6) is 0 Å². The number of nitrogens with zero attached hydrogens (tertiary/aromatic N) is 1. The fourth-order valence-corrected chi connectivity index (χ4v) is 7.89. The van der Waals surface area contributed by atoms with Crippen molar-refractivity contribution >= 4 is 0 Å². The number of aliphatic hydroxyl groups is 1. The van der Waals surface area contributed by atoms with E-state index < -0.39 is 35.8 Å². The van der Waals surface area contributed by atoms with E-state index in [2.05, 4.69) is 37.3 Å². The Morgan fingerprint density at radius 3 is 1.64 bits per heavy atom. The van der Waals surface area contributed by atoms with E-state index in [0.717, 1.165) is 39.8 Å². The van der Waals surface area contributed by atoms with E-state index in [1.807, 2.05) is 127 Å². The molecule has 2 aliphatic rings. The Kier molecular flexibility index (Phi) is 14.3. The number of ether oxygens (including phenoxy) is 6. The van der Waals surface area contributed by atoms with Crippen LogP contribution in [0.1, 0.15) is 46.7 Å². The van der Waals surface area contributed by atoms with Gasteiger partial charge in [-0.2, -0.15) is 5.26 Å². The summed E-state index contributed by atoms with van der Waals surface area (Å²) in [6.07, 6.45) is 1.66. The molecule has 1 aliphatic heterocycles. The van der Waals surface area contributed by atoms with Gasteiger partial charge in [0.15, 0.2) is 0 Å². The minimum absolute atomic E-state index is 0.0523. The zero-order chi connectivity index (χ0) is 40.9. The lowest BCUT2D eigenvalue weighted by atomic mass is 9.74. The van der Waals surface area contributed by atoms with E-state index in [0.29, 0.717) is 18.6 Å². The Hall–Kier alpha value is -5.21. The van der Waals surface area contributed by atoms with Gasteiger partial charge in [-0.1, -0.05) is 159 Å². The van der Waals surface area contributed by atoms with Crippen LogP contribution in [0.4, 0.5) is 0 Å². The van der Waals surface area contributed by atoms with Crippen molar-refractivity contribution in [2.75, 3.05) is 13.7 Å². The van der Waals surface area contributed by atoms with Crippen LogP contribution in [0.15, 0.2) is 169 Å². The number of rotatable bonds is 18. The topological polar surface area (TPSA) is 99.4 Å². The lowest BCUT2D eigenvalue weighted by Gasteiger charge is -2.56. The molecule has 0 bridgehead atoms. The highest BCUT2D eigenvalue weighted by atomic mass is 16.7. The number of nitriles is 1. The van der Waals surface area contributed by atoms with Gasteiger partial charge in [0.05, 0.1) is 44.7 Å². The summed E-state index contributed by atoms with van der Waals surface area (Å²) < 4.78 is 40.3. The molecule has 1 saturated heterocycles. The largest absolute Gasteiger partial charge is 0.374 e. The second kappa shape index (κ2) is 20.2. The van der Waals surface area contributed by atoms with Crippen molar-refractivity contribution in [2.24, 2.45) is 0 Å². The predicted molar refractivity (Wildman–Crippen MR) is 227 cm³/mol. The summed E-state index contributed by atoms with van der Waals surface area (Å²) in [4.78, 5) is 0. The Balaban J connectivity index is 1.30. The highest BCUT2D eigenvalue weighted by Gasteiger charge is 2.66. The van der Waals surface area contributed by atoms with E-state index in [4.69, 9.17) is 28.4 Å². The fourth-order valence-electron chi connectivity index (χ4n) is 7.89. The van der Waals surface area contributed by atoms with Gasteiger partial charge in [0.2, 0.25) is 5.79 Å². The highest BCUT2D eigenvalue weighted by molar-refractivity contribution is 5.50. The van der Waals surface area contributed by atoms with Crippen molar-refractivity contribution in [2.45, 2.75) is 88.4 Å². The van der Waals surface area contributed by atoms with Crippen LogP contribution in [0.2, 0.25) is 0 Å². The summed E-state index contributed by atoms with van der Waals surface area (Å²) in [7, 11) is 1.53. The van der Waals surface area contributed by atoms with Crippen LogP contribution >= 0.6 is 0 Å². The molecule has 1 heterocycles. The minimum atomic E-state index is -2.21. The van der Waals surface area contributed by atoms with Crippen LogP contribution in [0.3, 0.4) is 0 Å². The van der Waals surface area contributed by atoms with Gasteiger partial charge in [0.25, 0.3) is 0 Å². The molecule has 1 unspecified atom stereocenters. The summed E-state index contributed by atoms with van der Waals surface area (Å²) in [6.45, 7) is 3.08. The molecular weight excluding hydrogens is 739 g/mol. The molecular formula is C51H53NO7. The van der Waals surface area contributed by atoms with E-state index in [-0.39, 0.29) is 32.8 Å². The minimum Gasteiger partial charge on any atom is -0.374 e. The van der Waals surface area contributed by atoms with Gasteiger partial charge in [0, 0.05) is 13.5 Å². The smallest absolute Gasteiger partial charge is 0.229 e. The van der Waals surface area contributed by atoms with Crippen LogP contribution < -0.4 is 0 Å². The number of allylic oxidation sites excluding steroid dienone is 2. The molecule has 1 N–H and O–H groups in total. The molecule has 0 saturated carbocycles. The molecule has 59 heavy (non-hydrogen) atoms. The molecule has 1 fully saturated rings. The molecule has 1 aliphatic carbocycles. The summed E-state index contributed by atoms with van der Waals surface area (Å²) in [6, 6.07) is 50.3. The normalized spacial score (nSPS) is 24.2. The molecule has 0 spiro atoms. The summed E-state index contributed by atoms with van der Waals surface area (Å²) >= 11 is 0. The maximum Gasteiger partial charge on any atom is 0.229 e. The quantitative estimate of drug-likeness (QED) is 0.0940. The van der Waals surface area contributed by atoms with Gasteiger partial charge in [-0.3, -0.25) is 0 Å². The maximum atomic E-state index is 13.5. The average Bonchev–Trinajstić information content (AvgIpc) is 3.29. The first-order chi connectivity index (χ1) is 28.9. The highest BCUT2D eigenvalue weighted by Crippen LogP contribution is 2.47. The van der Waals surface area contributed by atoms with Crippen molar-refractivity contribution in [3.8, 4) is 6.07 Å². The number of hydrogen-bond acceptors (Lipinski definition) is 8. The summed E-state index contributed by atoms with van der Waals surface area (Å²) in [5, 5.41) is 24.2. The molecule has 0 radical (unpaired) electrons. The third-order valence-corrected chi connectivity index (χ3v) is 11.2. The first kappa shape index (κ1) is 41.9. The van der Waals surface area contributed by atoms with Crippen LogP contribution in [-0.2, 0) is 67.7 Å². The zero-order valence-corrected chi connectivity index (χ0v) is 33.8. The third kappa shape index (κ3) is 10.2. The standard InChI is InChI=1S/C51H53NO7/c1-3-38-24-26-39(27-25-38)30-44-28-29-50(54-2,31-45(44)32-52)51(53)49(58-36-43-22-14-7-15-23-43)48(57-35-42-20-12-6-13-21-42)47(56-34-41-18-10-5-11-19-41)46(59-51)37-55-33-40-16-8-4-9-17-40/h4-28,31,46-49,53H,3,29-30,33-37H2,1-2H3/t46-,47-,48+,49-,50?,51+/m1/s1. The Bertz CT molecular complexity index is 2150. The molecule has 304 valence electrons. The molecule has 5 aromatic carbocycles. The Morgan fingerprint density at radius 1 is 0.644 bits per heavy atom. The van der Waals surface area contributed by atoms with Crippen LogP contribution in [0.25, 0.3) is 0 Å². The number of methoxy groups -OCH3 is 1. The predicted octanol–water partition coefficient (Wildman–Crippen LogP) is 9.02. The molecule has 6 atom stereocenters. The first-order valence-electron chi connectivity index (χ1n) is 20.4. The summed E-state index contributed by atoms with van der Waals surface area (Å²) in [5.74, 6) is -2.21. The second-order valence-electron chi connectivity index (χ2n) is 15.1. The van der Waals surface area contributed by atoms with Crippen molar-refractivity contribution in [3.05, 3.63) is 202 Å². The van der Waals surface area contributed by atoms with Crippen molar-refractivity contribution in [3.63, 3.8) is 0 Å². The van der Waals surface area contributed by atoms with Crippen molar-refractivity contribution in [1.29, 1.82) is 5.26 Å². The monoisotopic (exact) mass is 791 g/mol. The number of benzene rings is 5. The van der Waals surface area contributed by atoms with Gasteiger partial charge < -0.3 is 33.5 Å². The van der Waals surface area contributed by atoms with E-state index in [1.54, 1.807) is 6.08 Å². The van der Waals surface area contributed by atoms with Gasteiger partial charge in [-0.05, 0) is 57.9 Å². The summed E-state index contributed by atoms with van der Waals surface area (Å²) in [5.41, 5.74) is 5.77. The SMILES string of the molecule is CCc1ccc(CC2=CCC(OC)([C@@]3(O)O[C@H](COCc4ccccc4)[C@@H](OCc4ccccc4)[C@H](OCc4ccccc4)[C@H]3OCc3ccccc3)C=C2C#N)cc1. The van der Waals surface area contributed by atoms with Gasteiger partial charge >= 0.3 is 0 Å². The van der Waals surface area contributed by atoms with Gasteiger partial charge in [-0.25, -0.2) is 0 Å². The zero-order valence-electron chi connectivity index (χ0n) is 33.8. The Morgan fingerprint density at radius 2 is 1.14 bits per heavy atom. The molecule has 5 aromatic rings. The van der Waals surface area contributed by atoms with E-state index in [9.17, 15) is 10.4 Å². The Labute approximate surface area is 348 Å². The molecule has 0 amide bonds. The van der Waals surface area contributed by atoms with Crippen LogP contribution in [-0.4, -0.2) is 54.6 Å². The fraction of sp³-hybridized carbons (Fsp3) is 0.314. The first-order valence-corrected chi connectivity index (χ1v) is 20.4. The second-order valence-corrected chi connectivity index (χ2v) is 15.1. The lowest BCUT2D eigenvalue weighted by Crippen LogP contribution is -2.74. The van der Waals surface area contributed by atoms with Gasteiger partial charge in [-0.15, -0.1) is 0 Å². The molecule has 0 aromatic heterocycles. The number of hydrogen-bond donors (Lipinski definition) is 1. The van der Waals surface area contributed by atoms with Crippen LogP contribution in [0, 0.1) is 11.3 Å². The third-order valence-electron chi connectivity index (χ3n) is 11.2. The number of aryl methyl sites for hydroxylation is 1. The van der Waals surface area contributed by atoms with E-state index >= 15 is 0 Å². The van der Waals surface area contributed by atoms with Crippen molar-refractivity contribution in [1.82, 2.24) is 0 Å². The molecule has 7 rings (SSSR count). The molecule has 8 heteroatoms.